The van der Waals surface area contributed by atoms with Crippen molar-refractivity contribution in [1.82, 2.24) is 10.3 Å². The van der Waals surface area contributed by atoms with Crippen LogP contribution in [0.4, 0.5) is 0 Å². The molecule has 0 atom stereocenters. The molecule has 0 aliphatic carbocycles. The summed E-state index contributed by atoms with van der Waals surface area (Å²) in [6.45, 7) is -0.114. The van der Waals surface area contributed by atoms with Gasteiger partial charge in [0.1, 0.15) is 17.1 Å². The summed E-state index contributed by atoms with van der Waals surface area (Å²) in [5, 5.41) is 11.4. The van der Waals surface area contributed by atoms with Crippen LogP contribution in [-0.2, 0) is 0 Å². The highest BCUT2D eigenvalue weighted by atomic mass is 16.5. The number of hydrogen-bond donors (Lipinski definition) is 3. The van der Waals surface area contributed by atoms with Crippen LogP contribution in [0.3, 0.4) is 0 Å². The number of nitrogens with one attached hydrogen (secondary N) is 2. The molecule has 1 heterocycles. The van der Waals surface area contributed by atoms with E-state index >= 15 is 0 Å². The number of methoxy groups -OCH3 is 2. The number of pyridine rings is 1. The highest BCUT2D eigenvalue weighted by Gasteiger charge is 2.15. The van der Waals surface area contributed by atoms with Crippen LogP contribution in [0, 0.1) is 0 Å². The zero-order valence-electron chi connectivity index (χ0n) is 11.7. The molecule has 3 N–H and O–H groups in total. The average molecular weight is 292 g/mol. The molecule has 112 valence electrons. The fourth-order valence-electron chi connectivity index (χ4n) is 1.99. The number of aliphatic hydroxyl groups excluding tert-OH is 1. The first-order chi connectivity index (χ1) is 10.1. The molecule has 7 nitrogen and oxygen atoms in total. The lowest BCUT2D eigenvalue weighted by molar-refractivity contribution is 0.0943. The molecule has 21 heavy (non-hydrogen) atoms. The number of H-pyrrole nitrogens is 1. The maximum absolute atomic E-state index is 12.4. The van der Waals surface area contributed by atoms with Crippen molar-refractivity contribution in [2.75, 3.05) is 27.4 Å². The molecule has 0 saturated carbocycles. The van der Waals surface area contributed by atoms with Crippen LogP contribution in [0.25, 0.3) is 10.9 Å². The maximum atomic E-state index is 12.4. The molecule has 1 aromatic heterocycles. The standard InChI is InChI=1S/C14H16N2O5/c1-20-8-5-9-12(11(6-8)21-2)16-7-10(13(9)18)14(19)15-3-4-17/h5-7,17H,3-4H2,1-2H3,(H,15,19)(H,16,18). The Labute approximate surface area is 120 Å². The van der Waals surface area contributed by atoms with Crippen molar-refractivity contribution >= 4 is 16.8 Å². The van der Waals surface area contributed by atoms with Gasteiger partial charge in [0.25, 0.3) is 5.91 Å². The largest absolute Gasteiger partial charge is 0.497 e. The number of ether oxygens (including phenoxy) is 2. The summed E-state index contributed by atoms with van der Waals surface area (Å²) >= 11 is 0. The van der Waals surface area contributed by atoms with E-state index in [2.05, 4.69) is 10.3 Å². The molecule has 7 heteroatoms. The van der Waals surface area contributed by atoms with Gasteiger partial charge in [0, 0.05) is 18.8 Å². The van der Waals surface area contributed by atoms with E-state index in [0.717, 1.165) is 0 Å². The molecular formula is C14H16N2O5. The van der Waals surface area contributed by atoms with Gasteiger partial charge in [-0.05, 0) is 6.07 Å². The highest BCUT2D eigenvalue weighted by Crippen LogP contribution is 2.27. The van der Waals surface area contributed by atoms with Gasteiger partial charge in [-0.2, -0.15) is 0 Å². The Morgan fingerprint density at radius 2 is 2.10 bits per heavy atom. The van der Waals surface area contributed by atoms with Gasteiger partial charge in [0.05, 0.1) is 31.7 Å². The summed E-state index contributed by atoms with van der Waals surface area (Å²) in [5.41, 5.74) is 0.0182. The number of aromatic nitrogens is 1. The molecule has 0 aliphatic heterocycles. The van der Waals surface area contributed by atoms with Gasteiger partial charge in [0.2, 0.25) is 5.43 Å². The predicted octanol–water partition coefficient (Wildman–Crippen LogP) is 0.267. The number of carbonyl (C=O) groups excluding carboxylic acids is 1. The van der Waals surface area contributed by atoms with Crippen LogP contribution < -0.4 is 20.2 Å². The van der Waals surface area contributed by atoms with E-state index in [9.17, 15) is 9.59 Å². The van der Waals surface area contributed by atoms with Crippen molar-refractivity contribution in [1.29, 1.82) is 0 Å². The van der Waals surface area contributed by atoms with Gasteiger partial charge in [-0.3, -0.25) is 9.59 Å². The first-order valence-corrected chi connectivity index (χ1v) is 6.28. The number of benzene rings is 1. The van der Waals surface area contributed by atoms with Crippen LogP contribution in [0.1, 0.15) is 10.4 Å². The van der Waals surface area contributed by atoms with E-state index in [4.69, 9.17) is 14.6 Å². The van der Waals surface area contributed by atoms with Crippen molar-refractivity contribution in [2.45, 2.75) is 0 Å². The third kappa shape index (κ3) is 2.82. The minimum Gasteiger partial charge on any atom is -0.497 e. The van der Waals surface area contributed by atoms with E-state index in [1.165, 1.54) is 20.4 Å². The maximum Gasteiger partial charge on any atom is 0.256 e. The predicted molar refractivity (Wildman–Crippen MR) is 77.1 cm³/mol. The monoisotopic (exact) mass is 292 g/mol. The Hall–Kier alpha value is -2.54. The molecule has 0 radical (unpaired) electrons. The van der Waals surface area contributed by atoms with Crippen LogP contribution in [0.15, 0.2) is 23.1 Å². The molecule has 0 spiro atoms. The molecule has 2 rings (SSSR count). The minimum absolute atomic E-state index is 0.0359. The van der Waals surface area contributed by atoms with Gasteiger partial charge in [-0.25, -0.2) is 0 Å². The lowest BCUT2D eigenvalue weighted by atomic mass is 10.1. The van der Waals surface area contributed by atoms with Crippen molar-refractivity contribution < 1.29 is 19.4 Å². The third-order valence-electron chi connectivity index (χ3n) is 3.02. The first-order valence-electron chi connectivity index (χ1n) is 6.28. The SMILES string of the molecule is COc1cc(OC)c2[nH]cc(C(=O)NCCO)c(=O)c2c1. The van der Waals surface area contributed by atoms with Crippen molar-refractivity contribution in [3.05, 3.63) is 34.1 Å². The van der Waals surface area contributed by atoms with E-state index in [1.54, 1.807) is 12.1 Å². The Balaban J connectivity index is 2.60. The average Bonchev–Trinajstić information content (AvgIpc) is 2.52. The Morgan fingerprint density at radius 1 is 1.33 bits per heavy atom. The minimum atomic E-state index is -0.547. The van der Waals surface area contributed by atoms with Crippen LogP contribution in [0.5, 0.6) is 11.5 Å². The number of aromatic amines is 1. The van der Waals surface area contributed by atoms with Gasteiger partial charge in [-0.1, -0.05) is 0 Å². The molecule has 0 aliphatic rings. The van der Waals surface area contributed by atoms with Crippen LogP contribution in [0.2, 0.25) is 0 Å². The van der Waals surface area contributed by atoms with Gasteiger partial charge in [-0.15, -0.1) is 0 Å². The number of fused-ring (bicyclic) bond motifs is 1. The molecule has 0 unspecified atom stereocenters. The summed E-state index contributed by atoms with van der Waals surface area (Å²) in [4.78, 5) is 27.2. The number of carbonyl (C=O) groups is 1. The summed E-state index contributed by atoms with van der Waals surface area (Å²) in [5.74, 6) is 0.357. The smallest absolute Gasteiger partial charge is 0.256 e. The zero-order valence-corrected chi connectivity index (χ0v) is 11.7. The molecule has 0 saturated heterocycles. The molecule has 0 fully saturated rings. The fraction of sp³-hybridized carbons (Fsp3) is 0.286. The van der Waals surface area contributed by atoms with E-state index in [1.807, 2.05) is 0 Å². The van der Waals surface area contributed by atoms with Gasteiger partial charge in [0.15, 0.2) is 0 Å². The Bertz CT molecular complexity index is 723. The summed E-state index contributed by atoms with van der Waals surface area (Å²) in [6, 6.07) is 3.18. The second-order valence-electron chi connectivity index (χ2n) is 4.26. The third-order valence-corrected chi connectivity index (χ3v) is 3.02. The second kappa shape index (κ2) is 6.27. The molecule has 1 amide bonds. The Morgan fingerprint density at radius 3 is 2.71 bits per heavy atom. The lowest BCUT2D eigenvalue weighted by Gasteiger charge is -2.09. The van der Waals surface area contributed by atoms with E-state index in [0.29, 0.717) is 22.4 Å². The fourth-order valence-corrected chi connectivity index (χ4v) is 1.99. The molecule has 0 bridgehead atoms. The van der Waals surface area contributed by atoms with Crippen LogP contribution >= 0.6 is 0 Å². The van der Waals surface area contributed by atoms with Crippen LogP contribution in [-0.4, -0.2) is 43.4 Å². The summed E-state index contributed by atoms with van der Waals surface area (Å²) < 4.78 is 10.3. The summed E-state index contributed by atoms with van der Waals surface area (Å²) in [6.07, 6.45) is 1.33. The molecule has 2 aromatic rings. The number of amides is 1. The van der Waals surface area contributed by atoms with Crippen molar-refractivity contribution in [3.8, 4) is 11.5 Å². The quantitative estimate of drug-likeness (QED) is 0.734. The van der Waals surface area contributed by atoms with Gasteiger partial charge < -0.3 is 24.9 Å². The van der Waals surface area contributed by atoms with Crippen molar-refractivity contribution in [2.24, 2.45) is 0 Å². The Kier molecular flexibility index (Phi) is 4.44. The lowest BCUT2D eigenvalue weighted by Crippen LogP contribution is -2.30. The number of aliphatic hydroxyl groups is 1. The number of rotatable bonds is 5. The number of hydrogen-bond acceptors (Lipinski definition) is 5. The normalized spacial score (nSPS) is 10.4. The molecule has 1 aromatic carbocycles. The molecular weight excluding hydrogens is 276 g/mol. The topological polar surface area (TPSA) is 101 Å². The van der Waals surface area contributed by atoms with Gasteiger partial charge >= 0.3 is 0 Å². The highest BCUT2D eigenvalue weighted by molar-refractivity contribution is 5.98. The first kappa shape index (κ1) is 14.9. The zero-order chi connectivity index (χ0) is 15.4. The van der Waals surface area contributed by atoms with Crippen molar-refractivity contribution in [3.63, 3.8) is 0 Å². The van der Waals surface area contributed by atoms with E-state index in [-0.39, 0.29) is 18.7 Å². The summed E-state index contributed by atoms with van der Waals surface area (Å²) in [7, 11) is 2.96. The second-order valence-corrected chi connectivity index (χ2v) is 4.26. The van der Waals surface area contributed by atoms with E-state index < -0.39 is 11.3 Å².